The number of hydrogen-bond donors (Lipinski definition) is 3. The van der Waals surface area contributed by atoms with Crippen LogP contribution in [0.3, 0.4) is 0 Å². The number of rotatable bonds is 62. The molecule has 0 aromatic rings. The van der Waals surface area contributed by atoms with Crippen molar-refractivity contribution in [2.45, 2.75) is 366 Å². The number of carbonyl (C=O) groups is 2. The van der Waals surface area contributed by atoms with Crippen molar-refractivity contribution in [3.8, 4) is 0 Å². The van der Waals surface area contributed by atoms with Crippen LogP contribution in [0.4, 0.5) is 0 Å². The summed E-state index contributed by atoms with van der Waals surface area (Å²) < 4.78 is 5.48. The first-order valence-corrected chi connectivity index (χ1v) is 33.4. The molecule has 0 fully saturated rings. The molecular weight excluding hydrogens is 923 g/mol. The first kappa shape index (κ1) is 72.8. The predicted molar refractivity (Wildman–Crippen MR) is 329 cm³/mol. The van der Waals surface area contributed by atoms with Gasteiger partial charge in [0.2, 0.25) is 5.91 Å². The highest BCUT2D eigenvalue weighted by Crippen LogP contribution is 2.17. The lowest BCUT2D eigenvalue weighted by atomic mass is 10.0. The number of unbranched alkanes of at least 4 members (excludes halogenated alkanes) is 43. The smallest absolute Gasteiger partial charge is 0.305 e. The highest BCUT2D eigenvalue weighted by atomic mass is 16.5. The third-order valence-corrected chi connectivity index (χ3v) is 15.4. The number of ether oxygens (including phenoxy) is 1. The maximum atomic E-state index is 12.5. The highest BCUT2D eigenvalue weighted by molar-refractivity contribution is 5.76. The van der Waals surface area contributed by atoms with E-state index in [9.17, 15) is 19.8 Å². The fourth-order valence-corrected chi connectivity index (χ4v) is 10.2. The molecule has 0 spiro atoms. The van der Waals surface area contributed by atoms with Gasteiger partial charge in [-0.1, -0.05) is 300 Å². The number of aliphatic hydroxyl groups is 2. The Morgan fingerprint density at radius 3 is 1.03 bits per heavy atom. The molecule has 0 saturated heterocycles. The summed E-state index contributed by atoms with van der Waals surface area (Å²) in [4.78, 5) is 24.5. The molecule has 0 rings (SSSR count). The van der Waals surface area contributed by atoms with Gasteiger partial charge in [0.1, 0.15) is 0 Å². The minimum Gasteiger partial charge on any atom is -0.466 e. The van der Waals surface area contributed by atoms with E-state index in [1.165, 1.54) is 263 Å². The molecule has 0 aliphatic rings. The standard InChI is InChI=1S/C69H129NO5/c1-3-5-7-9-11-13-15-17-18-35-39-43-47-51-55-59-63-69(74)75-64-60-56-52-48-44-40-36-33-31-29-27-25-23-21-19-20-22-24-26-28-30-32-34-38-42-46-50-54-58-62-68(73)70-66(65-71)67(72)61-57-53-49-45-41-37-16-14-12-10-8-6-4-2/h13,15,18-19,21,25,27,35,66-67,71-72H,3-12,14,16-17,20,22-24,26,28-34,36-65H2,1-2H3,(H,70,73)/b15-13-,21-19-,27-25-,35-18-. The minimum absolute atomic E-state index is 0.00157. The van der Waals surface area contributed by atoms with Crippen molar-refractivity contribution in [1.29, 1.82) is 0 Å². The molecule has 6 nitrogen and oxygen atoms in total. The van der Waals surface area contributed by atoms with Gasteiger partial charge in [-0.15, -0.1) is 0 Å². The highest BCUT2D eigenvalue weighted by Gasteiger charge is 2.20. The molecule has 0 aliphatic heterocycles. The van der Waals surface area contributed by atoms with Gasteiger partial charge in [-0.25, -0.2) is 0 Å². The summed E-state index contributed by atoms with van der Waals surface area (Å²) in [6.45, 7) is 4.94. The average Bonchev–Trinajstić information content (AvgIpc) is 3.41. The van der Waals surface area contributed by atoms with E-state index in [4.69, 9.17) is 4.74 Å². The van der Waals surface area contributed by atoms with Gasteiger partial charge in [0.05, 0.1) is 25.4 Å². The Hall–Kier alpha value is -2.18. The van der Waals surface area contributed by atoms with Crippen molar-refractivity contribution in [3.63, 3.8) is 0 Å². The minimum atomic E-state index is -0.665. The zero-order valence-corrected chi connectivity index (χ0v) is 50.3. The normalized spacial score (nSPS) is 12.9. The largest absolute Gasteiger partial charge is 0.466 e. The average molecular weight is 1050 g/mol. The van der Waals surface area contributed by atoms with Gasteiger partial charge >= 0.3 is 5.97 Å². The number of nitrogens with one attached hydrogen (secondary N) is 1. The molecule has 0 radical (unpaired) electrons. The molecule has 0 saturated carbocycles. The second-order valence-electron chi connectivity index (χ2n) is 22.8. The fourth-order valence-electron chi connectivity index (χ4n) is 10.2. The third kappa shape index (κ3) is 60.9. The van der Waals surface area contributed by atoms with Crippen LogP contribution >= 0.6 is 0 Å². The maximum absolute atomic E-state index is 12.5. The molecule has 3 N–H and O–H groups in total. The molecule has 0 heterocycles. The van der Waals surface area contributed by atoms with Crippen molar-refractivity contribution < 1.29 is 24.5 Å². The fraction of sp³-hybridized carbons (Fsp3) is 0.855. The van der Waals surface area contributed by atoms with Crippen molar-refractivity contribution >= 4 is 11.9 Å². The number of hydrogen-bond acceptors (Lipinski definition) is 5. The van der Waals surface area contributed by atoms with Gasteiger partial charge in [0.25, 0.3) is 0 Å². The summed E-state index contributed by atoms with van der Waals surface area (Å²) in [6, 6.07) is -0.542. The van der Waals surface area contributed by atoms with E-state index < -0.39 is 12.1 Å². The summed E-state index contributed by atoms with van der Waals surface area (Å²) in [5.41, 5.74) is 0. The molecule has 2 unspecified atom stereocenters. The second-order valence-corrected chi connectivity index (χ2v) is 22.8. The second kappa shape index (κ2) is 64.3. The van der Waals surface area contributed by atoms with Gasteiger partial charge in [-0.3, -0.25) is 9.59 Å². The zero-order valence-electron chi connectivity index (χ0n) is 50.3. The number of allylic oxidation sites excluding steroid dienone is 8. The Morgan fingerprint density at radius 2 is 0.667 bits per heavy atom. The Labute approximate surface area is 467 Å². The summed E-state index contributed by atoms with van der Waals surface area (Å²) >= 11 is 0. The van der Waals surface area contributed by atoms with Crippen LogP contribution in [0, 0.1) is 0 Å². The SMILES string of the molecule is CCCCCC/C=C\C/C=C\CCCCCCCC(=O)OCCCCCCCCCCC/C=C\C/C=C\CCCCCCCCCCCCCCCC(=O)NC(CO)C(O)CCCCCCCCCCCCCCC. The van der Waals surface area contributed by atoms with Crippen LogP contribution in [0.5, 0.6) is 0 Å². The van der Waals surface area contributed by atoms with Crippen LogP contribution < -0.4 is 5.32 Å². The number of esters is 1. The van der Waals surface area contributed by atoms with E-state index in [0.717, 1.165) is 57.8 Å². The number of amides is 1. The van der Waals surface area contributed by atoms with E-state index in [0.29, 0.717) is 25.9 Å². The molecule has 75 heavy (non-hydrogen) atoms. The van der Waals surface area contributed by atoms with Gasteiger partial charge in [0, 0.05) is 12.8 Å². The van der Waals surface area contributed by atoms with E-state index in [2.05, 4.69) is 67.8 Å². The Morgan fingerprint density at radius 1 is 0.373 bits per heavy atom. The van der Waals surface area contributed by atoms with Crippen molar-refractivity contribution in [2.24, 2.45) is 0 Å². The van der Waals surface area contributed by atoms with Gasteiger partial charge in [-0.05, 0) is 89.9 Å². The van der Waals surface area contributed by atoms with Crippen LogP contribution in [0.1, 0.15) is 354 Å². The molecule has 0 aliphatic carbocycles. The first-order chi connectivity index (χ1) is 37.0. The number of aliphatic hydroxyl groups excluding tert-OH is 2. The number of carbonyl (C=O) groups excluding carboxylic acids is 2. The topological polar surface area (TPSA) is 95.9 Å². The monoisotopic (exact) mass is 1050 g/mol. The van der Waals surface area contributed by atoms with Crippen LogP contribution in [0.25, 0.3) is 0 Å². The van der Waals surface area contributed by atoms with E-state index in [1.807, 2.05) is 0 Å². The van der Waals surface area contributed by atoms with Gasteiger partial charge < -0.3 is 20.3 Å². The van der Waals surface area contributed by atoms with Crippen LogP contribution in [0.2, 0.25) is 0 Å². The molecule has 440 valence electrons. The van der Waals surface area contributed by atoms with Crippen molar-refractivity contribution in [3.05, 3.63) is 48.6 Å². The van der Waals surface area contributed by atoms with Crippen molar-refractivity contribution in [2.75, 3.05) is 13.2 Å². The summed E-state index contributed by atoms with van der Waals surface area (Å²) in [5, 5.41) is 23.3. The Kier molecular flexibility index (Phi) is 62.5. The molecular formula is C69H129NO5. The molecule has 0 bridgehead atoms. The summed E-state index contributed by atoms with van der Waals surface area (Å²) in [5.74, 6) is -0.0369. The molecule has 0 aromatic carbocycles. The van der Waals surface area contributed by atoms with Crippen molar-refractivity contribution in [1.82, 2.24) is 5.32 Å². The van der Waals surface area contributed by atoms with Gasteiger partial charge in [0.15, 0.2) is 0 Å². The summed E-state index contributed by atoms with van der Waals surface area (Å²) in [6.07, 6.45) is 82.8. The van der Waals surface area contributed by atoms with Crippen LogP contribution in [-0.4, -0.2) is 47.4 Å². The van der Waals surface area contributed by atoms with E-state index >= 15 is 0 Å². The maximum Gasteiger partial charge on any atom is 0.305 e. The Bertz CT molecular complexity index is 1260. The zero-order chi connectivity index (χ0) is 54.3. The molecule has 2 atom stereocenters. The lowest BCUT2D eigenvalue weighted by Gasteiger charge is -2.22. The Balaban J connectivity index is 3.40. The van der Waals surface area contributed by atoms with E-state index in [1.54, 1.807) is 0 Å². The predicted octanol–water partition coefficient (Wildman–Crippen LogP) is 21.3. The third-order valence-electron chi connectivity index (χ3n) is 15.4. The van der Waals surface area contributed by atoms with Crippen LogP contribution in [0.15, 0.2) is 48.6 Å². The van der Waals surface area contributed by atoms with Gasteiger partial charge in [-0.2, -0.15) is 0 Å². The first-order valence-electron chi connectivity index (χ1n) is 33.4. The quantitative estimate of drug-likeness (QED) is 0.0320. The van der Waals surface area contributed by atoms with E-state index in [-0.39, 0.29) is 18.5 Å². The molecule has 6 heteroatoms. The molecule has 0 aromatic heterocycles. The van der Waals surface area contributed by atoms with Crippen LogP contribution in [-0.2, 0) is 14.3 Å². The molecule has 1 amide bonds. The lowest BCUT2D eigenvalue weighted by molar-refractivity contribution is -0.143. The summed E-state index contributed by atoms with van der Waals surface area (Å²) in [7, 11) is 0. The lowest BCUT2D eigenvalue weighted by Crippen LogP contribution is -2.45.